The number of nitrogens with zero attached hydrogens (tertiary/aromatic N) is 3. The van der Waals surface area contributed by atoms with Crippen molar-refractivity contribution in [3.05, 3.63) is 35.7 Å². The first-order valence-electron chi connectivity index (χ1n) is 10.1. The Kier molecular flexibility index (Phi) is 8.10. The predicted octanol–water partition coefficient (Wildman–Crippen LogP) is 6.45. The Hall–Kier alpha value is -2.75. The molecule has 1 aromatic carbocycles. The van der Waals surface area contributed by atoms with Crippen molar-refractivity contribution in [2.45, 2.75) is 65.7 Å². The maximum Gasteiger partial charge on any atom is 0.573 e. The topological polar surface area (TPSA) is 38.2 Å². The molecule has 0 saturated heterocycles. The van der Waals surface area contributed by atoms with Gasteiger partial charge in [0.25, 0.3) is 0 Å². The summed E-state index contributed by atoms with van der Waals surface area (Å²) in [7, 11) is 1.84. The van der Waals surface area contributed by atoms with Crippen molar-refractivity contribution in [3.8, 4) is 29.0 Å². The van der Waals surface area contributed by atoms with Crippen LogP contribution in [-0.2, 0) is 0 Å². The van der Waals surface area contributed by atoms with Gasteiger partial charge in [-0.1, -0.05) is 32.6 Å². The van der Waals surface area contributed by atoms with E-state index < -0.39 is 6.36 Å². The summed E-state index contributed by atoms with van der Waals surface area (Å²) in [5, 5.41) is 0. The molecule has 162 valence electrons. The number of unbranched alkanes of at least 4 members (excludes halogenated alkanes) is 1. The first-order chi connectivity index (χ1) is 14.2. The molecule has 1 aromatic heterocycles. The molecule has 1 unspecified atom stereocenters. The summed E-state index contributed by atoms with van der Waals surface area (Å²) in [6, 6.07) is 8.76. The highest BCUT2D eigenvalue weighted by molar-refractivity contribution is 5.70. The van der Waals surface area contributed by atoms with Gasteiger partial charge in [-0.05, 0) is 51.0 Å². The second-order valence-electron chi connectivity index (χ2n) is 7.12. The van der Waals surface area contributed by atoms with E-state index in [9.17, 15) is 13.2 Å². The molecule has 0 spiro atoms. The molecule has 0 saturated carbocycles. The molecule has 7 heteroatoms. The molecule has 30 heavy (non-hydrogen) atoms. The molecule has 0 amide bonds. The van der Waals surface area contributed by atoms with Crippen LogP contribution in [0.25, 0.3) is 11.3 Å². The summed E-state index contributed by atoms with van der Waals surface area (Å²) in [4.78, 5) is 11.4. The summed E-state index contributed by atoms with van der Waals surface area (Å²) < 4.78 is 41.4. The van der Waals surface area contributed by atoms with Gasteiger partial charge < -0.3 is 4.74 Å². The molecule has 2 rings (SSSR count). The van der Waals surface area contributed by atoms with Gasteiger partial charge in [0, 0.05) is 30.1 Å². The predicted molar refractivity (Wildman–Crippen MR) is 113 cm³/mol. The first-order valence-corrected chi connectivity index (χ1v) is 10.1. The summed E-state index contributed by atoms with van der Waals surface area (Å²) in [6.45, 7) is 7.91. The Bertz CT molecular complexity index is 899. The molecule has 1 atom stereocenters. The van der Waals surface area contributed by atoms with E-state index in [0.717, 1.165) is 37.1 Å². The van der Waals surface area contributed by atoms with E-state index in [0.29, 0.717) is 17.1 Å². The first kappa shape index (κ1) is 23.5. The fourth-order valence-electron chi connectivity index (χ4n) is 3.31. The van der Waals surface area contributed by atoms with Gasteiger partial charge in [-0.25, -0.2) is 9.97 Å². The maximum absolute atomic E-state index is 12.5. The molecule has 0 radical (unpaired) electrons. The second-order valence-corrected chi connectivity index (χ2v) is 7.12. The molecule has 4 nitrogen and oxygen atoms in total. The Morgan fingerprint density at radius 3 is 2.33 bits per heavy atom. The SMILES string of the molecule is CC#CN(C)c1nc(C(CC)CCCC)nc(-c2ccc(OC(F)(F)F)cc2)c1C. The van der Waals surface area contributed by atoms with E-state index in [2.05, 4.69) is 30.5 Å². The third kappa shape index (κ3) is 6.12. The molecule has 0 fully saturated rings. The zero-order chi connectivity index (χ0) is 22.3. The van der Waals surface area contributed by atoms with Gasteiger partial charge in [0.2, 0.25) is 0 Å². The largest absolute Gasteiger partial charge is 0.573 e. The number of anilines is 1. The molecule has 0 aliphatic heterocycles. The quantitative estimate of drug-likeness (QED) is 0.364. The van der Waals surface area contributed by atoms with Crippen molar-refractivity contribution in [2.75, 3.05) is 11.9 Å². The molecular formula is C23H28F3N3O. The van der Waals surface area contributed by atoms with E-state index in [1.165, 1.54) is 12.1 Å². The zero-order valence-corrected chi connectivity index (χ0v) is 18.1. The van der Waals surface area contributed by atoms with Gasteiger partial charge in [-0.15, -0.1) is 13.2 Å². The summed E-state index contributed by atoms with van der Waals surface area (Å²) >= 11 is 0. The van der Waals surface area contributed by atoms with E-state index in [-0.39, 0.29) is 11.7 Å². The number of hydrogen-bond donors (Lipinski definition) is 0. The van der Waals surface area contributed by atoms with Crippen molar-refractivity contribution in [1.29, 1.82) is 0 Å². The third-order valence-corrected chi connectivity index (χ3v) is 4.86. The van der Waals surface area contributed by atoms with Crippen molar-refractivity contribution in [1.82, 2.24) is 9.97 Å². The van der Waals surface area contributed by atoms with Crippen LogP contribution in [-0.4, -0.2) is 23.4 Å². The highest BCUT2D eigenvalue weighted by atomic mass is 19.4. The number of aromatic nitrogens is 2. The average Bonchev–Trinajstić information content (AvgIpc) is 2.69. The maximum atomic E-state index is 12.5. The van der Waals surface area contributed by atoms with Crippen LogP contribution in [0.3, 0.4) is 0 Å². The number of rotatable bonds is 8. The van der Waals surface area contributed by atoms with Gasteiger partial charge in [0.1, 0.15) is 17.4 Å². The lowest BCUT2D eigenvalue weighted by molar-refractivity contribution is -0.274. The lowest BCUT2D eigenvalue weighted by atomic mass is 9.97. The smallest absolute Gasteiger partial charge is 0.406 e. The zero-order valence-electron chi connectivity index (χ0n) is 18.1. The van der Waals surface area contributed by atoms with Crippen LogP contribution >= 0.6 is 0 Å². The molecule has 1 heterocycles. The average molecular weight is 419 g/mol. The van der Waals surface area contributed by atoms with Crippen LogP contribution in [0.4, 0.5) is 19.0 Å². The minimum absolute atomic E-state index is 0.207. The third-order valence-electron chi connectivity index (χ3n) is 4.86. The number of ether oxygens (including phenoxy) is 1. The Balaban J connectivity index is 2.54. The van der Waals surface area contributed by atoms with Gasteiger partial charge in [-0.2, -0.15) is 0 Å². The molecular weight excluding hydrogens is 391 g/mol. The summed E-state index contributed by atoms with van der Waals surface area (Å²) in [5.41, 5.74) is 2.21. The summed E-state index contributed by atoms with van der Waals surface area (Å²) in [5.74, 6) is 4.26. The standard InChI is InChI=1S/C23H28F3N3O/c1-6-9-10-17(8-3)21-27-20(16(4)22(28-21)29(5)15-7-2)18-11-13-19(14-12-18)30-23(24,25)26/h11-14,17H,6,8-10H2,1-5H3. The fourth-order valence-corrected chi connectivity index (χ4v) is 3.31. The Morgan fingerprint density at radius 2 is 1.80 bits per heavy atom. The van der Waals surface area contributed by atoms with Gasteiger partial charge >= 0.3 is 6.36 Å². The number of halogens is 3. The van der Waals surface area contributed by atoms with Crippen molar-refractivity contribution in [3.63, 3.8) is 0 Å². The van der Waals surface area contributed by atoms with Crippen LogP contribution in [0.5, 0.6) is 5.75 Å². The van der Waals surface area contributed by atoms with Crippen LogP contribution in [0.1, 0.15) is 63.8 Å². The minimum Gasteiger partial charge on any atom is -0.406 e. The molecule has 0 N–H and O–H groups in total. The van der Waals surface area contributed by atoms with E-state index in [1.807, 2.05) is 14.0 Å². The fraction of sp³-hybridized carbons (Fsp3) is 0.478. The van der Waals surface area contributed by atoms with Crippen molar-refractivity contribution >= 4 is 5.82 Å². The number of benzene rings is 1. The van der Waals surface area contributed by atoms with Crippen molar-refractivity contribution in [2.24, 2.45) is 0 Å². The highest BCUT2D eigenvalue weighted by Gasteiger charge is 2.31. The Morgan fingerprint density at radius 1 is 1.13 bits per heavy atom. The molecule has 0 aliphatic carbocycles. The van der Waals surface area contributed by atoms with Gasteiger partial charge in [0.15, 0.2) is 0 Å². The minimum atomic E-state index is -4.72. The van der Waals surface area contributed by atoms with Crippen LogP contribution in [0.15, 0.2) is 24.3 Å². The monoisotopic (exact) mass is 419 g/mol. The lowest BCUT2D eigenvalue weighted by Gasteiger charge is -2.21. The highest BCUT2D eigenvalue weighted by Crippen LogP contribution is 2.33. The van der Waals surface area contributed by atoms with Crippen LogP contribution in [0, 0.1) is 18.9 Å². The second kappa shape index (κ2) is 10.3. The normalized spacial score (nSPS) is 12.1. The van der Waals surface area contributed by atoms with E-state index in [1.54, 1.807) is 24.0 Å². The molecule has 2 aromatic rings. The number of alkyl halides is 3. The van der Waals surface area contributed by atoms with Crippen LogP contribution < -0.4 is 9.64 Å². The van der Waals surface area contributed by atoms with Crippen LogP contribution in [0.2, 0.25) is 0 Å². The molecule has 0 bridgehead atoms. The Labute approximate surface area is 176 Å². The van der Waals surface area contributed by atoms with Gasteiger partial charge in [0.05, 0.1) is 5.69 Å². The number of hydrogen-bond acceptors (Lipinski definition) is 4. The summed E-state index contributed by atoms with van der Waals surface area (Å²) in [6.07, 6.45) is -0.666. The molecule has 0 aliphatic rings. The van der Waals surface area contributed by atoms with Gasteiger partial charge in [-0.3, -0.25) is 4.90 Å². The van der Waals surface area contributed by atoms with Crippen molar-refractivity contribution < 1.29 is 17.9 Å². The van der Waals surface area contributed by atoms with E-state index >= 15 is 0 Å². The van der Waals surface area contributed by atoms with E-state index in [4.69, 9.17) is 9.97 Å². The lowest BCUT2D eigenvalue weighted by Crippen LogP contribution is -2.17.